The van der Waals surface area contributed by atoms with Crippen molar-refractivity contribution in [2.24, 2.45) is 17.8 Å². The summed E-state index contributed by atoms with van der Waals surface area (Å²) in [6.07, 6.45) is 0.859. The summed E-state index contributed by atoms with van der Waals surface area (Å²) in [6.45, 7) is 0. The predicted molar refractivity (Wildman–Crippen MR) is 134 cm³/mol. The maximum atomic E-state index is 15.0. The zero-order chi connectivity index (χ0) is 30.6. The Morgan fingerprint density at radius 1 is 0.929 bits per heavy atom. The van der Waals surface area contributed by atoms with Crippen molar-refractivity contribution in [1.82, 2.24) is 5.32 Å². The number of carbonyl (C=O) groups excluding carboxylic acids is 4. The van der Waals surface area contributed by atoms with Gasteiger partial charge in [0.1, 0.15) is 5.69 Å². The van der Waals surface area contributed by atoms with Crippen LogP contribution in [-0.2, 0) is 19.2 Å². The summed E-state index contributed by atoms with van der Waals surface area (Å²) in [5.41, 5.74) is -1.82. The van der Waals surface area contributed by atoms with Crippen LogP contribution in [0.1, 0.15) is 24.3 Å². The number of nitrogens with one attached hydrogen (secondary N) is 1. The number of rotatable bonds is 3. The molecule has 3 fully saturated rings. The van der Waals surface area contributed by atoms with Crippen molar-refractivity contribution in [1.29, 1.82) is 0 Å². The average molecular weight is 631 g/mol. The molecule has 0 spiro atoms. The first-order chi connectivity index (χ1) is 19.7. The van der Waals surface area contributed by atoms with Gasteiger partial charge in [-0.05, 0) is 24.8 Å². The summed E-state index contributed by atoms with van der Waals surface area (Å²) in [4.78, 5) is 47.7. The van der Waals surface area contributed by atoms with Gasteiger partial charge in [-0.25, -0.2) is 26.9 Å². The maximum absolute atomic E-state index is 15.0. The van der Waals surface area contributed by atoms with Gasteiger partial charge >= 0.3 is 0 Å². The average Bonchev–Trinajstić information content (AvgIpc) is 3.33. The molecule has 8 nitrogen and oxygen atoms in total. The second kappa shape index (κ2) is 9.14. The lowest BCUT2D eigenvalue weighted by atomic mass is 9.56. The lowest BCUT2D eigenvalue weighted by molar-refractivity contribution is -0.127. The van der Waals surface area contributed by atoms with Crippen LogP contribution in [0.5, 0.6) is 11.5 Å². The number of methoxy groups -OCH3 is 1. The van der Waals surface area contributed by atoms with E-state index in [-0.39, 0.29) is 28.2 Å². The Bertz CT molecular complexity index is 1660. The van der Waals surface area contributed by atoms with Crippen molar-refractivity contribution in [3.63, 3.8) is 0 Å². The number of benzene rings is 2. The Kier molecular flexibility index (Phi) is 6.18. The normalized spacial score (nSPS) is 31.9. The number of carbonyl (C=O) groups is 4. The third-order valence-electron chi connectivity index (χ3n) is 8.63. The molecule has 0 aromatic heterocycles. The third kappa shape index (κ3) is 3.29. The first-order valence-corrected chi connectivity index (χ1v) is 13.2. The second-order valence-electron chi connectivity index (χ2n) is 10.4. The van der Waals surface area contributed by atoms with Crippen LogP contribution in [0.15, 0.2) is 29.8 Å². The zero-order valence-electron chi connectivity index (χ0n) is 21.1. The second-order valence-corrected chi connectivity index (χ2v) is 11.7. The molecule has 15 heteroatoms. The van der Waals surface area contributed by atoms with E-state index in [2.05, 4.69) is 5.32 Å². The number of phenolic OH excluding ortho intramolecular Hbond substituents is 1. The Labute approximate surface area is 243 Å². The lowest BCUT2D eigenvalue weighted by Crippen LogP contribution is -2.60. The number of alkyl halides is 2. The smallest absolute Gasteiger partial charge is 0.258 e. The molecule has 220 valence electrons. The van der Waals surface area contributed by atoms with Crippen LogP contribution < -0.4 is 15.0 Å². The molecule has 2 aliphatic carbocycles. The Balaban J connectivity index is 1.64. The molecule has 0 radical (unpaired) electrons. The molecular formula is C27H17Cl2F5N2O6. The van der Waals surface area contributed by atoms with E-state index < -0.39 is 104 Å². The molecule has 2 saturated heterocycles. The van der Waals surface area contributed by atoms with E-state index in [4.69, 9.17) is 27.9 Å². The SMILES string of the molecule is COc1cccc([C@H]2C3=CC[C@@H]4C(=O)NC(=O)[C@@H]4[C@@H]3C[C@@]3(Cl)C(=O)N(c4c(F)c(F)c(F)c(F)c4F)C(=O)[C@@]23Cl)c1O. The Hall–Kier alpha value is -3.71. The van der Waals surface area contributed by atoms with Crippen LogP contribution in [-0.4, -0.2) is 45.6 Å². The molecule has 0 unspecified atom stereocenters. The fraction of sp³-hybridized carbons (Fsp3) is 0.333. The molecule has 6 atom stereocenters. The topological polar surface area (TPSA) is 113 Å². The number of para-hydroxylation sites is 1. The van der Waals surface area contributed by atoms with Crippen molar-refractivity contribution in [2.45, 2.75) is 28.5 Å². The Morgan fingerprint density at radius 3 is 2.17 bits per heavy atom. The quantitative estimate of drug-likeness (QED) is 0.133. The van der Waals surface area contributed by atoms with Gasteiger partial charge in [0.2, 0.25) is 17.6 Å². The van der Waals surface area contributed by atoms with Gasteiger partial charge in [0.05, 0.1) is 18.9 Å². The third-order valence-corrected chi connectivity index (χ3v) is 10.0. The minimum atomic E-state index is -2.73. The van der Waals surface area contributed by atoms with E-state index in [1.807, 2.05) is 0 Å². The summed E-state index contributed by atoms with van der Waals surface area (Å²) in [5, 5.41) is 13.3. The highest BCUT2D eigenvalue weighted by Crippen LogP contribution is 2.66. The molecule has 0 bridgehead atoms. The first kappa shape index (κ1) is 28.4. The number of imide groups is 2. The summed E-state index contributed by atoms with van der Waals surface area (Å²) < 4.78 is 77.3. The van der Waals surface area contributed by atoms with Crippen molar-refractivity contribution in [2.75, 3.05) is 12.0 Å². The zero-order valence-corrected chi connectivity index (χ0v) is 22.6. The van der Waals surface area contributed by atoms with Crippen molar-refractivity contribution >= 4 is 52.5 Å². The van der Waals surface area contributed by atoms with Crippen LogP contribution >= 0.6 is 23.2 Å². The minimum absolute atomic E-state index is 0.0128. The minimum Gasteiger partial charge on any atom is -0.504 e. The molecule has 2 heterocycles. The monoisotopic (exact) mass is 630 g/mol. The molecule has 2 N–H and O–H groups in total. The fourth-order valence-corrected chi connectivity index (χ4v) is 7.69. The number of aromatic hydroxyl groups is 1. The van der Waals surface area contributed by atoms with Gasteiger partial charge < -0.3 is 9.84 Å². The molecular weight excluding hydrogens is 614 g/mol. The number of phenols is 1. The van der Waals surface area contributed by atoms with Gasteiger partial charge in [-0.1, -0.05) is 23.8 Å². The highest BCUT2D eigenvalue weighted by molar-refractivity contribution is 6.58. The van der Waals surface area contributed by atoms with Gasteiger partial charge in [-0.2, -0.15) is 0 Å². The van der Waals surface area contributed by atoms with Gasteiger partial charge in [-0.15, -0.1) is 23.2 Å². The molecule has 4 amide bonds. The lowest BCUT2D eigenvalue weighted by Gasteiger charge is -2.50. The summed E-state index contributed by atoms with van der Waals surface area (Å²) >= 11 is 13.9. The standard InChI is InChI=1S/C27H17Cl2F5N2O6/c1-42-12-4-2-3-10(21(12)37)14-8-5-6-9-13(23(39)35-22(9)38)11(8)7-26(28)24(40)36(25(41)27(14,26)29)20-18(33)16(31)15(30)17(32)19(20)34/h2-5,9,11,13-14,37H,6-7H2,1H3,(H,35,38,39)/t9-,11+,13-,14+,26+,27-/m0/s1. The molecule has 2 aromatic rings. The number of allylic oxidation sites excluding steroid dienone is 2. The van der Waals surface area contributed by atoms with E-state index in [1.54, 1.807) is 0 Å². The molecule has 4 aliphatic rings. The predicted octanol–water partition coefficient (Wildman–Crippen LogP) is 3.95. The molecule has 2 aromatic carbocycles. The molecule has 6 rings (SSSR count). The number of amides is 4. The number of ether oxygens (including phenoxy) is 1. The van der Waals surface area contributed by atoms with Gasteiger partial charge in [-0.3, -0.25) is 24.5 Å². The van der Waals surface area contributed by atoms with E-state index in [9.17, 15) is 46.2 Å². The number of hydrogen-bond donors (Lipinski definition) is 2. The van der Waals surface area contributed by atoms with E-state index in [1.165, 1.54) is 31.4 Å². The van der Waals surface area contributed by atoms with Crippen molar-refractivity contribution in [3.8, 4) is 11.5 Å². The molecule has 1 saturated carbocycles. The highest BCUT2D eigenvalue weighted by Gasteiger charge is 2.77. The fourth-order valence-electron chi connectivity index (χ4n) is 6.76. The number of halogens is 7. The van der Waals surface area contributed by atoms with Crippen LogP contribution in [0.2, 0.25) is 0 Å². The number of nitrogens with zero attached hydrogens (tertiary/aromatic N) is 1. The number of fused-ring (bicyclic) bond motifs is 4. The summed E-state index contributed by atoms with van der Waals surface area (Å²) in [7, 11) is 1.22. The van der Waals surface area contributed by atoms with E-state index in [0.717, 1.165) is 0 Å². The maximum Gasteiger partial charge on any atom is 0.258 e. The van der Waals surface area contributed by atoms with E-state index in [0.29, 0.717) is 0 Å². The van der Waals surface area contributed by atoms with Gasteiger partial charge in [0.15, 0.2) is 44.5 Å². The van der Waals surface area contributed by atoms with Crippen LogP contribution in [0.25, 0.3) is 0 Å². The summed E-state index contributed by atoms with van der Waals surface area (Å²) in [5.74, 6) is -22.2. The number of anilines is 1. The largest absolute Gasteiger partial charge is 0.504 e. The summed E-state index contributed by atoms with van der Waals surface area (Å²) in [6, 6.07) is 4.05. The van der Waals surface area contributed by atoms with Crippen molar-refractivity contribution in [3.05, 3.63) is 64.5 Å². The van der Waals surface area contributed by atoms with Crippen molar-refractivity contribution < 1.29 is 51.0 Å². The molecule has 42 heavy (non-hydrogen) atoms. The van der Waals surface area contributed by atoms with Crippen LogP contribution in [0.4, 0.5) is 27.6 Å². The first-order valence-electron chi connectivity index (χ1n) is 12.4. The van der Waals surface area contributed by atoms with Gasteiger partial charge in [0, 0.05) is 11.5 Å². The van der Waals surface area contributed by atoms with Gasteiger partial charge in [0.25, 0.3) is 11.8 Å². The number of hydrogen-bond acceptors (Lipinski definition) is 6. The van der Waals surface area contributed by atoms with Crippen LogP contribution in [0.3, 0.4) is 0 Å². The highest BCUT2D eigenvalue weighted by atomic mass is 35.5. The van der Waals surface area contributed by atoms with Crippen LogP contribution in [0, 0.1) is 46.8 Å². The Morgan fingerprint density at radius 2 is 1.55 bits per heavy atom. The molecule has 2 aliphatic heterocycles. The van der Waals surface area contributed by atoms with E-state index >= 15 is 0 Å².